The van der Waals surface area contributed by atoms with Gasteiger partial charge in [0.2, 0.25) is 0 Å². The van der Waals surface area contributed by atoms with Crippen LogP contribution in [0.3, 0.4) is 0 Å². The molecule has 0 aromatic heterocycles. The largest absolute Gasteiger partial charge is 0.508 e. The highest BCUT2D eigenvalue weighted by atomic mass is 16.6. The number of aromatic hydroxyl groups is 8. The zero-order valence-corrected chi connectivity index (χ0v) is 67.5. The van der Waals surface area contributed by atoms with Crippen LogP contribution in [0.4, 0.5) is 0 Å². The molecule has 23 nitrogen and oxygen atoms in total. The van der Waals surface area contributed by atoms with Crippen molar-refractivity contribution in [3.63, 3.8) is 0 Å². The van der Waals surface area contributed by atoms with E-state index in [0.717, 1.165) is 80.0 Å². The molecule has 5 fully saturated rings. The average Bonchev–Trinajstić information content (AvgIpc) is 1.62. The molecule has 8 aromatic rings. The van der Waals surface area contributed by atoms with Gasteiger partial charge >= 0.3 is 41.8 Å². The summed E-state index contributed by atoms with van der Waals surface area (Å²) >= 11 is 0. The molecular formula is C95H112O23. The van der Waals surface area contributed by atoms with Gasteiger partial charge < -0.3 is 74.0 Å². The van der Waals surface area contributed by atoms with Crippen molar-refractivity contribution in [2.45, 2.75) is 149 Å². The fourth-order valence-electron chi connectivity index (χ4n) is 15.1. The smallest absolute Gasteiger partial charge is 0.338 e. The van der Waals surface area contributed by atoms with Gasteiger partial charge in [0.1, 0.15) is 46.0 Å². The number of ether oxygens (including phenoxy) is 7. The van der Waals surface area contributed by atoms with Crippen LogP contribution in [0.5, 0.6) is 46.0 Å². The molecule has 0 amide bonds. The number of carbonyl (C=O) groups is 8. The number of carbonyl (C=O) groups excluding carboxylic acids is 8. The highest BCUT2D eigenvalue weighted by Gasteiger charge is 2.49. The summed E-state index contributed by atoms with van der Waals surface area (Å²) in [6, 6.07) is 50.3. The standard InChI is InChI=1S/C24H28O6.C22H24O6.C20H22O6.C10H12O2.C10H16.C9H10O3/c25-21-9-5-17(6-10-21)13-23(27)29-15-19-1-2-20(4-3-19)16-30-24(28)14-18-7-11-22(26)12-8-18;23-19-5-1-3-17(11-19)21(25)27-13-15-7-9-16(10-8-15)14-28-22(26)18-4-2-6-20(24)12-18;1-14(12-25-19(23)10-15-2-6-17(21)7-3-15)13-26-20(24)11-16-4-8-18(22)9-5-16;1-2-3-10(12)8-4-6-9(11)7-5-8;1-2-9-7-4-5-8(6-7)10(9)3-1;1-2-12-9(11)7-3-5-8(10)6-4-7/h5-12,19-20,25-26H,1-4,13-16H2;1-6,11-12,15-16,23-24H,7-10,13-14H2;2-9,14,21-22H,10-13H2,1H3;4-7,11H,2-3H2,1H3;7-10H,1-6H2;3-6,10H,2H2,1H3. The number of ketones is 1. The lowest BCUT2D eigenvalue weighted by Gasteiger charge is -2.27. The highest BCUT2D eigenvalue weighted by Crippen LogP contribution is 2.58. The van der Waals surface area contributed by atoms with E-state index in [9.17, 15) is 69.0 Å². The molecule has 0 heterocycles. The van der Waals surface area contributed by atoms with E-state index in [0.29, 0.717) is 85.4 Å². The molecule has 0 spiro atoms. The minimum Gasteiger partial charge on any atom is -0.508 e. The Balaban J connectivity index is 0.000000184. The lowest BCUT2D eigenvalue weighted by Crippen LogP contribution is -2.24. The first kappa shape index (κ1) is 91.6. The number of Topliss-reactive ketones (excluding diaryl/α,β-unsaturated/α-hetero) is 1. The second kappa shape index (κ2) is 48.6. The quantitative estimate of drug-likeness (QED) is 0.0135. The van der Waals surface area contributed by atoms with E-state index < -0.39 is 11.9 Å². The van der Waals surface area contributed by atoms with E-state index in [1.54, 1.807) is 155 Å². The van der Waals surface area contributed by atoms with Gasteiger partial charge in [-0.2, -0.15) is 0 Å². The zero-order valence-electron chi connectivity index (χ0n) is 67.5. The van der Waals surface area contributed by atoms with Crippen LogP contribution in [-0.2, 0) is 78.0 Å². The minimum atomic E-state index is -0.432. The van der Waals surface area contributed by atoms with Crippen molar-refractivity contribution in [3.8, 4) is 46.0 Å². The molecule has 0 saturated heterocycles. The van der Waals surface area contributed by atoms with Crippen LogP contribution in [0.1, 0.15) is 187 Å². The van der Waals surface area contributed by atoms with Crippen molar-refractivity contribution >= 4 is 47.6 Å². The van der Waals surface area contributed by atoms with Gasteiger partial charge in [0, 0.05) is 17.9 Å². The summed E-state index contributed by atoms with van der Waals surface area (Å²) < 4.78 is 36.7. The second-order valence-corrected chi connectivity index (χ2v) is 30.9. The van der Waals surface area contributed by atoms with Gasteiger partial charge in [-0.3, -0.25) is 24.0 Å². The van der Waals surface area contributed by atoms with E-state index in [2.05, 4.69) is 0 Å². The summed E-state index contributed by atoms with van der Waals surface area (Å²) in [5, 5.41) is 73.7. The Kier molecular flexibility index (Phi) is 37.7. The molecule has 13 rings (SSSR count). The molecule has 0 aliphatic heterocycles. The Morgan fingerprint density at radius 3 is 0.932 bits per heavy atom. The zero-order chi connectivity index (χ0) is 84.7. The third-order valence-electron chi connectivity index (χ3n) is 21.5. The molecule has 630 valence electrons. The Morgan fingerprint density at radius 2 is 0.619 bits per heavy atom. The van der Waals surface area contributed by atoms with Crippen molar-refractivity contribution in [1.82, 2.24) is 0 Å². The third kappa shape index (κ3) is 33.0. The number of hydrogen-bond acceptors (Lipinski definition) is 23. The van der Waals surface area contributed by atoms with Gasteiger partial charge in [-0.05, 0) is 300 Å². The molecule has 2 bridgehead atoms. The van der Waals surface area contributed by atoms with Gasteiger partial charge in [0.05, 0.1) is 88.6 Å². The predicted molar refractivity (Wildman–Crippen MR) is 441 cm³/mol. The number of benzene rings is 8. The van der Waals surface area contributed by atoms with Gasteiger partial charge in [-0.25, -0.2) is 14.4 Å². The number of esters is 7. The average molecular weight is 1620 g/mol. The number of phenols is 8. The number of rotatable bonds is 27. The number of fused-ring (bicyclic) bond motifs is 5. The van der Waals surface area contributed by atoms with Gasteiger partial charge in [0.15, 0.2) is 5.78 Å². The van der Waals surface area contributed by atoms with Crippen LogP contribution in [0.15, 0.2) is 194 Å². The summed E-state index contributed by atoms with van der Waals surface area (Å²) in [6.07, 6.45) is 19.0. The fourth-order valence-corrected chi connectivity index (χ4v) is 15.1. The fraction of sp³-hybridized carbons (Fsp3) is 0.411. The summed E-state index contributed by atoms with van der Waals surface area (Å²) in [4.78, 5) is 94.0. The monoisotopic (exact) mass is 1620 g/mol. The summed E-state index contributed by atoms with van der Waals surface area (Å²) in [5.41, 5.74) is 4.94. The Labute approximate surface area is 689 Å². The van der Waals surface area contributed by atoms with Crippen molar-refractivity contribution < 1.29 is 112 Å². The maximum Gasteiger partial charge on any atom is 0.338 e. The molecule has 4 atom stereocenters. The van der Waals surface area contributed by atoms with Crippen LogP contribution < -0.4 is 0 Å². The first-order chi connectivity index (χ1) is 56.8. The third-order valence-corrected chi connectivity index (χ3v) is 21.5. The molecular weight excluding hydrogens is 1510 g/mol. The molecule has 118 heavy (non-hydrogen) atoms. The molecule has 8 N–H and O–H groups in total. The molecule has 4 unspecified atom stereocenters. The van der Waals surface area contributed by atoms with Crippen LogP contribution in [0.25, 0.3) is 0 Å². The minimum absolute atomic E-state index is 0.0372. The van der Waals surface area contributed by atoms with E-state index >= 15 is 0 Å². The molecule has 8 aromatic carbocycles. The second-order valence-electron chi connectivity index (χ2n) is 30.9. The lowest BCUT2D eigenvalue weighted by atomic mass is 9.82. The molecule has 5 saturated carbocycles. The SMILES string of the molecule is C1CC2C3CCC(C3)C2C1.CC(COC(=O)Cc1ccc(O)cc1)COC(=O)Cc1ccc(O)cc1.CCCC(=O)c1ccc(O)cc1.CCOC(=O)c1ccc(O)cc1.O=C(Cc1ccc(O)cc1)OCC1CCC(COC(=O)Cc2ccc(O)cc2)CC1.O=C(OCC1CCC(COC(=O)c2cccc(O)c2)CC1)c1cccc(O)c1. The van der Waals surface area contributed by atoms with E-state index in [1.165, 1.54) is 109 Å². The van der Waals surface area contributed by atoms with Crippen molar-refractivity contribution in [2.75, 3.05) is 46.2 Å². The van der Waals surface area contributed by atoms with Crippen molar-refractivity contribution in [2.24, 2.45) is 53.3 Å². The first-order valence-corrected chi connectivity index (χ1v) is 40.8. The van der Waals surface area contributed by atoms with Gasteiger partial charge in [-0.1, -0.05) is 80.9 Å². The summed E-state index contributed by atoms with van der Waals surface area (Å²) in [5.74, 6) is 4.64. The first-order valence-electron chi connectivity index (χ1n) is 40.8. The van der Waals surface area contributed by atoms with Crippen LogP contribution >= 0.6 is 0 Å². The number of hydrogen-bond donors (Lipinski definition) is 8. The highest BCUT2D eigenvalue weighted by molar-refractivity contribution is 5.96. The summed E-state index contributed by atoms with van der Waals surface area (Å²) in [6.45, 7) is 7.76. The maximum absolute atomic E-state index is 12.0. The number of phenolic OH excluding ortho intramolecular Hbond substituents is 8. The van der Waals surface area contributed by atoms with Crippen LogP contribution in [-0.4, -0.2) is 135 Å². The normalized spacial score (nSPS) is 18.4. The van der Waals surface area contributed by atoms with Gasteiger partial charge in [-0.15, -0.1) is 0 Å². The van der Waals surface area contributed by atoms with Crippen LogP contribution in [0.2, 0.25) is 0 Å². The van der Waals surface area contributed by atoms with Crippen molar-refractivity contribution in [3.05, 3.63) is 239 Å². The van der Waals surface area contributed by atoms with Crippen molar-refractivity contribution in [1.29, 1.82) is 0 Å². The topological polar surface area (TPSA) is 363 Å². The maximum atomic E-state index is 12.0. The molecule has 0 radical (unpaired) electrons. The molecule has 5 aliphatic carbocycles. The van der Waals surface area contributed by atoms with E-state index in [1.807, 2.05) is 13.8 Å². The van der Waals surface area contributed by atoms with E-state index in [-0.39, 0.29) is 126 Å². The molecule has 23 heteroatoms. The Morgan fingerprint density at radius 1 is 0.322 bits per heavy atom. The predicted octanol–water partition coefficient (Wildman–Crippen LogP) is 17.1. The Bertz CT molecular complexity index is 4130. The lowest BCUT2D eigenvalue weighted by molar-refractivity contribution is -0.148. The van der Waals surface area contributed by atoms with Gasteiger partial charge in [0.25, 0.3) is 0 Å². The molecule has 5 aliphatic rings. The van der Waals surface area contributed by atoms with E-state index in [4.69, 9.17) is 43.4 Å². The van der Waals surface area contributed by atoms with Crippen LogP contribution in [0, 0.1) is 53.3 Å². The Hall–Kier alpha value is -11.9. The summed E-state index contributed by atoms with van der Waals surface area (Å²) in [7, 11) is 0.